The van der Waals surface area contributed by atoms with Crippen molar-refractivity contribution >= 4 is 0 Å². The van der Waals surface area contributed by atoms with E-state index in [0.29, 0.717) is 0 Å². The van der Waals surface area contributed by atoms with E-state index in [9.17, 15) is 0 Å². The van der Waals surface area contributed by atoms with Crippen LogP contribution < -0.4 is 5.32 Å². The lowest BCUT2D eigenvalue weighted by atomic mass is 9.99. The summed E-state index contributed by atoms with van der Waals surface area (Å²) >= 11 is 0. The fourth-order valence-corrected chi connectivity index (χ4v) is 2.57. The topological polar surface area (TPSA) is 24.5 Å². The number of benzene rings is 1. The summed E-state index contributed by atoms with van der Waals surface area (Å²) in [6.45, 7) is 6.39. The highest BCUT2D eigenvalue weighted by molar-refractivity contribution is 5.20. The molecule has 0 amide bonds. The second kappa shape index (κ2) is 7.52. The van der Waals surface area contributed by atoms with Crippen molar-refractivity contribution in [3.8, 4) is 0 Å². The number of hydrogen-bond donors (Lipinski definition) is 1. The van der Waals surface area contributed by atoms with Crippen molar-refractivity contribution < 1.29 is 4.74 Å². The number of rotatable bonds is 7. The van der Waals surface area contributed by atoms with Gasteiger partial charge in [0.25, 0.3) is 0 Å². The van der Waals surface area contributed by atoms with Crippen molar-refractivity contribution in [2.45, 2.75) is 12.3 Å². The molecule has 1 aliphatic rings. The molecule has 1 aromatic rings. The maximum absolute atomic E-state index is 5.01. The van der Waals surface area contributed by atoms with E-state index < -0.39 is 0 Å². The normalized spacial score (nSPS) is 20.4. The maximum atomic E-state index is 5.01. The number of nitrogens with one attached hydrogen (secondary N) is 1. The highest BCUT2D eigenvalue weighted by Gasteiger charge is 2.22. The van der Waals surface area contributed by atoms with Gasteiger partial charge in [-0.05, 0) is 24.4 Å². The van der Waals surface area contributed by atoms with Gasteiger partial charge in [-0.15, -0.1) is 0 Å². The SMILES string of the molecule is COCCNCCN1CCC(c2ccccc2)C1. The molecule has 1 saturated heterocycles. The van der Waals surface area contributed by atoms with Gasteiger partial charge in [0.05, 0.1) is 6.61 Å². The summed E-state index contributed by atoms with van der Waals surface area (Å²) in [5.74, 6) is 0.727. The molecule has 0 radical (unpaired) electrons. The Morgan fingerprint density at radius 1 is 1.28 bits per heavy atom. The van der Waals surface area contributed by atoms with Gasteiger partial charge in [0, 0.05) is 33.3 Å². The van der Waals surface area contributed by atoms with Crippen LogP contribution in [-0.2, 0) is 4.74 Å². The third kappa shape index (κ3) is 4.09. The summed E-state index contributed by atoms with van der Waals surface area (Å²) in [6, 6.07) is 10.9. The van der Waals surface area contributed by atoms with Crippen LogP contribution in [0.3, 0.4) is 0 Å². The zero-order chi connectivity index (χ0) is 12.6. The average Bonchev–Trinajstić information content (AvgIpc) is 2.88. The Balaban J connectivity index is 1.66. The molecule has 0 aliphatic carbocycles. The van der Waals surface area contributed by atoms with Gasteiger partial charge in [0.15, 0.2) is 0 Å². The van der Waals surface area contributed by atoms with Crippen molar-refractivity contribution in [2.75, 3.05) is 46.4 Å². The van der Waals surface area contributed by atoms with Crippen LogP contribution in [-0.4, -0.2) is 51.3 Å². The summed E-state index contributed by atoms with van der Waals surface area (Å²) in [4.78, 5) is 2.55. The van der Waals surface area contributed by atoms with Crippen LogP contribution in [0, 0.1) is 0 Å². The highest BCUT2D eigenvalue weighted by atomic mass is 16.5. The molecule has 1 unspecified atom stereocenters. The molecule has 1 aliphatic heterocycles. The Hall–Kier alpha value is -0.900. The zero-order valence-corrected chi connectivity index (χ0v) is 11.3. The minimum absolute atomic E-state index is 0.727. The second-order valence-electron chi connectivity index (χ2n) is 4.94. The van der Waals surface area contributed by atoms with Gasteiger partial charge in [0.2, 0.25) is 0 Å². The number of likely N-dealkylation sites (tertiary alicyclic amines) is 1. The third-order valence-electron chi connectivity index (χ3n) is 3.63. The molecular weight excluding hydrogens is 224 g/mol. The fraction of sp³-hybridized carbons (Fsp3) is 0.600. The zero-order valence-electron chi connectivity index (χ0n) is 11.3. The Labute approximate surface area is 110 Å². The van der Waals surface area contributed by atoms with Gasteiger partial charge >= 0.3 is 0 Å². The summed E-state index contributed by atoms with van der Waals surface area (Å²) in [7, 11) is 1.74. The molecule has 2 rings (SSSR count). The molecule has 1 fully saturated rings. The molecule has 100 valence electrons. The van der Waals surface area contributed by atoms with Crippen LogP contribution in [0.15, 0.2) is 30.3 Å². The molecule has 0 bridgehead atoms. The van der Waals surface area contributed by atoms with Gasteiger partial charge in [-0.1, -0.05) is 30.3 Å². The van der Waals surface area contributed by atoms with Crippen molar-refractivity contribution in [2.24, 2.45) is 0 Å². The number of hydrogen-bond acceptors (Lipinski definition) is 3. The third-order valence-corrected chi connectivity index (χ3v) is 3.63. The lowest BCUT2D eigenvalue weighted by Crippen LogP contribution is -2.31. The second-order valence-corrected chi connectivity index (χ2v) is 4.94. The molecule has 0 spiro atoms. The van der Waals surface area contributed by atoms with Crippen molar-refractivity contribution in [1.29, 1.82) is 0 Å². The molecule has 3 heteroatoms. The van der Waals surface area contributed by atoms with Crippen LogP contribution in [0.4, 0.5) is 0 Å². The van der Waals surface area contributed by atoms with Gasteiger partial charge in [-0.3, -0.25) is 0 Å². The average molecular weight is 248 g/mol. The van der Waals surface area contributed by atoms with Crippen LogP contribution in [0.2, 0.25) is 0 Å². The first-order chi connectivity index (χ1) is 8.90. The molecular formula is C15H24N2O. The van der Waals surface area contributed by atoms with Gasteiger partial charge < -0.3 is 15.0 Å². The lowest BCUT2D eigenvalue weighted by Gasteiger charge is -2.16. The van der Waals surface area contributed by atoms with Crippen LogP contribution in [0.25, 0.3) is 0 Å². The van der Waals surface area contributed by atoms with Crippen LogP contribution >= 0.6 is 0 Å². The van der Waals surface area contributed by atoms with Crippen molar-refractivity contribution in [1.82, 2.24) is 10.2 Å². The van der Waals surface area contributed by atoms with E-state index in [1.165, 1.54) is 25.1 Å². The summed E-state index contributed by atoms with van der Waals surface area (Å²) in [5.41, 5.74) is 1.49. The van der Waals surface area contributed by atoms with E-state index in [1.54, 1.807) is 7.11 Å². The number of ether oxygens (including phenoxy) is 1. The lowest BCUT2D eigenvalue weighted by molar-refractivity contribution is 0.197. The van der Waals surface area contributed by atoms with Gasteiger partial charge in [-0.25, -0.2) is 0 Å². The first kappa shape index (κ1) is 13.5. The van der Waals surface area contributed by atoms with Crippen molar-refractivity contribution in [3.05, 3.63) is 35.9 Å². The standard InChI is InChI=1S/C15H24N2O/c1-18-12-9-16-8-11-17-10-7-15(13-17)14-5-3-2-4-6-14/h2-6,15-16H,7-13H2,1H3. The number of methoxy groups -OCH3 is 1. The van der Waals surface area contributed by atoms with E-state index in [1.807, 2.05) is 0 Å². The monoisotopic (exact) mass is 248 g/mol. The predicted octanol–water partition coefficient (Wildman–Crippen LogP) is 1.71. The summed E-state index contributed by atoms with van der Waals surface area (Å²) in [6.07, 6.45) is 1.29. The van der Waals surface area contributed by atoms with Gasteiger partial charge in [0.1, 0.15) is 0 Å². The summed E-state index contributed by atoms with van der Waals surface area (Å²) < 4.78 is 5.01. The fourth-order valence-electron chi connectivity index (χ4n) is 2.57. The minimum Gasteiger partial charge on any atom is -0.383 e. The largest absolute Gasteiger partial charge is 0.383 e. The Bertz CT molecular complexity index is 329. The Morgan fingerprint density at radius 2 is 2.11 bits per heavy atom. The smallest absolute Gasteiger partial charge is 0.0587 e. The molecule has 18 heavy (non-hydrogen) atoms. The summed E-state index contributed by atoms with van der Waals surface area (Å²) in [5, 5.41) is 3.40. The highest BCUT2D eigenvalue weighted by Crippen LogP contribution is 2.26. The molecule has 0 saturated carbocycles. The molecule has 0 aromatic heterocycles. The quantitative estimate of drug-likeness (QED) is 0.744. The Kier molecular flexibility index (Phi) is 5.65. The van der Waals surface area contributed by atoms with E-state index in [2.05, 4.69) is 40.5 Å². The van der Waals surface area contributed by atoms with E-state index in [4.69, 9.17) is 4.74 Å². The minimum atomic E-state index is 0.727. The first-order valence-electron chi connectivity index (χ1n) is 6.87. The molecule has 1 aromatic carbocycles. The maximum Gasteiger partial charge on any atom is 0.0587 e. The first-order valence-corrected chi connectivity index (χ1v) is 6.87. The van der Waals surface area contributed by atoms with Crippen LogP contribution in [0.1, 0.15) is 17.9 Å². The van der Waals surface area contributed by atoms with E-state index in [0.717, 1.165) is 32.2 Å². The Morgan fingerprint density at radius 3 is 2.89 bits per heavy atom. The number of nitrogens with zero attached hydrogens (tertiary/aromatic N) is 1. The molecule has 3 nitrogen and oxygen atoms in total. The van der Waals surface area contributed by atoms with Crippen molar-refractivity contribution in [3.63, 3.8) is 0 Å². The van der Waals surface area contributed by atoms with Crippen LogP contribution in [0.5, 0.6) is 0 Å². The van der Waals surface area contributed by atoms with E-state index >= 15 is 0 Å². The predicted molar refractivity (Wildman–Crippen MR) is 75.0 cm³/mol. The van der Waals surface area contributed by atoms with Gasteiger partial charge in [-0.2, -0.15) is 0 Å². The molecule has 1 heterocycles. The molecule has 1 N–H and O–H groups in total. The van der Waals surface area contributed by atoms with E-state index in [-0.39, 0.29) is 0 Å². The molecule has 1 atom stereocenters.